The molecule has 0 radical (unpaired) electrons. The minimum absolute atomic E-state index is 0.0556. The number of amides is 1. The molecule has 0 aliphatic carbocycles. The molecule has 108 valence electrons. The normalized spacial score (nSPS) is 15.4. The molecule has 1 aromatic heterocycles. The molecule has 1 amide bonds. The molecule has 1 saturated heterocycles. The van der Waals surface area contributed by atoms with Crippen molar-refractivity contribution < 1.29 is 19.0 Å². The van der Waals surface area contributed by atoms with E-state index >= 15 is 0 Å². The van der Waals surface area contributed by atoms with E-state index < -0.39 is 0 Å². The fraction of sp³-hybridized carbons (Fsp3) is 0.429. The summed E-state index contributed by atoms with van der Waals surface area (Å²) in [5, 5.41) is 0. The Morgan fingerprint density at radius 3 is 2.75 bits per heavy atom. The molecule has 6 heteroatoms. The summed E-state index contributed by atoms with van der Waals surface area (Å²) in [5.41, 5.74) is 0.563. The van der Waals surface area contributed by atoms with Crippen LogP contribution in [0.2, 0.25) is 0 Å². The molecular formula is C14H18N2O4. The molecular weight excluding hydrogens is 260 g/mol. The highest BCUT2D eigenvalue weighted by Crippen LogP contribution is 2.29. The van der Waals surface area contributed by atoms with Gasteiger partial charge in [-0.1, -0.05) is 0 Å². The average Bonchev–Trinajstić information content (AvgIpc) is 2.52. The van der Waals surface area contributed by atoms with E-state index in [9.17, 15) is 4.79 Å². The molecule has 1 aliphatic rings. The first-order valence-corrected chi connectivity index (χ1v) is 6.38. The van der Waals surface area contributed by atoms with Crippen molar-refractivity contribution >= 4 is 12.0 Å². The molecule has 2 heterocycles. The van der Waals surface area contributed by atoms with Crippen LogP contribution in [0.3, 0.4) is 0 Å². The van der Waals surface area contributed by atoms with Gasteiger partial charge in [0, 0.05) is 31.4 Å². The minimum Gasteiger partial charge on any atom is -0.493 e. The van der Waals surface area contributed by atoms with Gasteiger partial charge in [-0.2, -0.15) is 0 Å². The summed E-state index contributed by atoms with van der Waals surface area (Å²) in [4.78, 5) is 17.9. The van der Waals surface area contributed by atoms with E-state index in [0.717, 1.165) is 0 Å². The van der Waals surface area contributed by atoms with E-state index in [2.05, 4.69) is 4.98 Å². The van der Waals surface area contributed by atoms with Gasteiger partial charge >= 0.3 is 0 Å². The lowest BCUT2D eigenvalue weighted by Crippen LogP contribution is -2.39. The average molecular weight is 278 g/mol. The number of ether oxygens (including phenoxy) is 3. The van der Waals surface area contributed by atoms with Crippen LogP contribution in [0.5, 0.6) is 11.5 Å². The van der Waals surface area contributed by atoms with Crippen molar-refractivity contribution in [2.24, 2.45) is 0 Å². The highest BCUT2D eigenvalue weighted by Gasteiger charge is 2.15. The summed E-state index contributed by atoms with van der Waals surface area (Å²) < 4.78 is 15.7. The number of nitrogens with zero attached hydrogens (tertiary/aromatic N) is 2. The van der Waals surface area contributed by atoms with Gasteiger partial charge in [-0.05, 0) is 6.08 Å². The molecule has 0 aromatic carbocycles. The van der Waals surface area contributed by atoms with Crippen molar-refractivity contribution in [3.05, 3.63) is 24.0 Å². The number of pyridine rings is 1. The highest BCUT2D eigenvalue weighted by atomic mass is 16.5. The van der Waals surface area contributed by atoms with Gasteiger partial charge in [0.2, 0.25) is 5.91 Å². The van der Waals surface area contributed by atoms with E-state index in [0.29, 0.717) is 43.5 Å². The van der Waals surface area contributed by atoms with Crippen LogP contribution in [0.15, 0.2) is 18.3 Å². The Balaban J connectivity index is 2.12. The molecule has 1 fully saturated rings. The van der Waals surface area contributed by atoms with Crippen LogP contribution < -0.4 is 9.47 Å². The van der Waals surface area contributed by atoms with Gasteiger partial charge in [-0.25, -0.2) is 0 Å². The van der Waals surface area contributed by atoms with E-state index in [4.69, 9.17) is 14.2 Å². The molecule has 0 spiro atoms. The smallest absolute Gasteiger partial charge is 0.246 e. The Morgan fingerprint density at radius 2 is 2.10 bits per heavy atom. The fourth-order valence-corrected chi connectivity index (χ4v) is 1.97. The Morgan fingerprint density at radius 1 is 1.35 bits per heavy atom. The summed E-state index contributed by atoms with van der Waals surface area (Å²) in [6.45, 7) is 2.40. The summed E-state index contributed by atoms with van der Waals surface area (Å²) in [5.74, 6) is 1.04. The number of hydrogen-bond acceptors (Lipinski definition) is 5. The van der Waals surface area contributed by atoms with Gasteiger partial charge in [-0.15, -0.1) is 0 Å². The molecule has 6 nitrogen and oxygen atoms in total. The van der Waals surface area contributed by atoms with Crippen molar-refractivity contribution in [2.75, 3.05) is 40.5 Å². The van der Waals surface area contributed by atoms with E-state index in [1.54, 1.807) is 37.5 Å². The third-order valence-electron chi connectivity index (χ3n) is 3.03. The molecule has 0 atom stereocenters. The van der Waals surface area contributed by atoms with E-state index in [1.165, 1.54) is 6.08 Å². The van der Waals surface area contributed by atoms with Gasteiger partial charge in [0.15, 0.2) is 11.5 Å². The summed E-state index contributed by atoms with van der Waals surface area (Å²) >= 11 is 0. The molecule has 20 heavy (non-hydrogen) atoms. The van der Waals surface area contributed by atoms with Crippen LogP contribution in [-0.2, 0) is 9.53 Å². The van der Waals surface area contributed by atoms with Crippen molar-refractivity contribution in [3.63, 3.8) is 0 Å². The Labute approximate surface area is 118 Å². The second kappa shape index (κ2) is 6.91. The molecule has 1 aliphatic heterocycles. The summed E-state index contributed by atoms with van der Waals surface area (Å²) in [6.07, 6.45) is 4.75. The number of aromatic nitrogens is 1. The van der Waals surface area contributed by atoms with Gasteiger partial charge < -0.3 is 19.1 Å². The lowest BCUT2D eigenvalue weighted by Gasteiger charge is -2.25. The second-order valence-corrected chi connectivity index (χ2v) is 4.20. The number of morpholine rings is 1. The largest absolute Gasteiger partial charge is 0.493 e. The fourth-order valence-electron chi connectivity index (χ4n) is 1.97. The first-order chi connectivity index (χ1) is 9.76. The number of methoxy groups -OCH3 is 2. The Bertz CT molecular complexity index is 496. The lowest BCUT2D eigenvalue weighted by molar-refractivity contribution is -0.129. The molecule has 0 saturated carbocycles. The van der Waals surface area contributed by atoms with E-state index in [1.807, 2.05) is 0 Å². The standard InChI is InChI=1S/C14H18N2O4/c1-18-12-5-6-15-11(14(12)19-2)3-4-13(17)16-7-9-20-10-8-16/h3-6H,7-10H2,1-2H3. The third-order valence-corrected chi connectivity index (χ3v) is 3.03. The molecule has 0 unspecified atom stereocenters. The quantitative estimate of drug-likeness (QED) is 0.768. The summed E-state index contributed by atoms with van der Waals surface area (Å²) in [7, 11) is 3.10. The van der Waals surface area contributed by atoms with Crippen LogP contribution in [-0.4, -0.2) is 56.3 Å². The molecule has 2 rings (SSSR count). The predicted molar refractivity (Wildman–Crippen MR) is 73.8 cm³/mol. The Hall–Kier alpha value is -2.08. The topological polar surface area (TPSA) is 60.9 Å². The number of carbonyl (C=O) groups excluding carboxylic acids is 1. The maximum Gasteiger partial charge on any atom is 0.246 e. The maximum atomic E-state index is 12.0. The zero-order valence-electron chi connectivity index (χ0n) is 11.7. The minimum atomic E-state index is -0.0556. The lowest BCUT2D eigenvalue weighted by atomic mass is 10.2. The number of carbonyl (C=O) groups is 1. The maximum absolute atomic E-state index is 12.0. The monoisotopic (exact) mass is 278 g/mol. The van der Waals surface area contributed by atoms with Crippen LogP contribution in [0.4, 0.5) is 0 Å². The molecule has 0 bridgehead atoms. The van der Waals surface area contributed by atoms with Crippen LogP contribution >= 0.6 is 0 Å². The number of rotatable bonds is 4. The van der Waals surface area contributed by atoms with Gasteiger partial charge in [-0.3, -0.25) is 9.78 Å². The van der Waals surface area contributed by atoms with Crippen molar-refractivity contribution in [2.45, 2.75) is 0 Å². The van der Waals surface area contributed by atoms with Crippen LogP contribution in [0.1, 0.15) is 5.69 Å². The molecule has 1 aromatic rings. The predicted octanol–water partition coefficient (Wildman–Crippen LogP) is 0.971. The van der Waals surface area contributed by atoms with Gasteiger partial charge in [0.25, 0.3) is 0 Å². The van der Waals surface area contributed by atoms with Crippen LogP contribution in [0.25, 0.3) is 6.08 Å². The third kappa shape index (κ3) is 3.27. The molecule has 0 N–H and O–H groups in total. The zero-order chi connectivity index (χ0) is 14.4. The SMILES string of the molecule is COc1ccnc(C=CC(=O)N2CCOCC2)c1OC. The van der Waals surface area contributed by atoms with Gasteiger partial charge in [0.05, 0.1) is 27.4 Å². The first kappa shape index (κ1) is 14.3. The summed E-state index contributed by atoms with van der Waals surface area (Å²) in [6, 6.07) is 1.71. The van der Waals surface area contributed by atoms with Crippen LogP contribution in [0, 0.1) is 0 Å². The number of hydrogen-bond donors (Lipinski definition) is 0. The van der Waals surface area contributed by atoms with E-state index in [-0.39, 0.29) is 5.91 Å². The first-order valence-electron chi connectivity index (χ1n) is 6.38. The zero-order valence-corrected chi connectivity index (χ0v) is 11.7. The second-order valence-electron chi connectivity index (χ2n) is 4.20. The Kier molecular flexibility index (Phi) is 4.95. The van der Waals surface area contributed by atoms with Gasteiger partial charge in [0.1, 0.15) is 5.69 Å². The van der Waals surface area contributed by atoms with Crippen molar-refractivity contribution in [1.82, 2.24) is 9.88 Å². The van der Waals surface area contributed by atoms with Crippen molar-refractivity contribution in [3.8, 4) is 11.5 Å². The highest BCUT2D eigenvalue weighted by molar-refractivity contribution is 5.92. The van der Waals surface area contributed by atoms with Crippen molar-refractivity contribution in [1.29, 1.82) is 0 Å².